The lowest BCUT2D eigenvalue weighted by molar-refractivity contribution is 0.00578. The normalized spacial score (nSPS) is 18.8. The Balaban J connectivity index is 1.95. The van der Waals surface area contributed by atoms with E-state index in [1.165, 1.54) is 4.57 Å². The van der Waals surface area contributed by atoms with Gasteiger partial charge in [-0.3, -0.25) is 9.89 Å². The second-order valence-corrected chi connectivity index (χ2v) is 7.25. The molecule has 0 radical (unpaired) electrons. The lowest BCUT2D eigenvalue weighted by Crippen LogP contribution is -2.41. The fraction of sp³-hybridized carbons (Fsp3) is 0.500. The smallest absolute Gasteiger partial charge is 0.399 e. The van der Waals surface area contributed by atoms with Crippen LogP contribution in [0.3, 0.4) is 0 Å². The summed E-state index contributed by atoms with van der Waals surface area (Å²) in [5, 5.41) is 10.0. The molecule has 3 rings (SSSR count). The first kappa shape index (κ1) is 16.8. The van der Waals surface area contributed by atoms with Gasteiger partial charge in [-0.25, -0.2) is 0 Å². The summed E-state index contributed by atoms with van der Waals surface area (Å²) in [6, 6.07) is 3.59. The highest BCUT2D eigenvalue weighted by molar-refractivity contribution is 6.62. The molecule has 8 heteroatoms. The summed E-state index contributed by atoms with van der Waals surface area (Å²) in [6.07, 6.45) is 1.74. The van der Waals surface area contributed by atoms with Gasteiger partial charge in [0.15, 0.2) is 5.82 Å². The maximum absolute atomic E-state index is 12.4. The third kappa shape index (κ3) is 2.87. The van der Waals surface area contributed by atoms with Crippen molar-refractivity contribution in [2.75, 3.05) is 5.32 Å². The SMILES string of the molecule is Cc1cc(Nc2cc(B3OC(C)(C)C(C)(C)O3)cn(C)c2=O)n[nH]1. The summed E-state index contributed by atoms with van der Waals surface area (Å²) < 4.78 is 13.7. The molecule has 0 atom stereocenters. The van der Waals surface area contributed by atoms with Gasteiger partial charge in [-0.15, -0.1) is 0 Å². The Kier molecular flexibility index (Phi) is 3.84. The molecular formula is C16H23BN4O3. The number of rotatable bonds is 3. The molecule has 24 heavy (non-hydrogen) atoms. The third-order valence-corrected chi connectivity index (χ3v) is 4.70. The number of nitrogens with one attached hydrogen (secondary N) is 2. The van der Waals surface area contributed by atoms with Crippen molar-refractivity contribution >= 4 is 24.1 Å². The molecule has 0 aliphatic carbocycles. The third-order valence-electron chi connectivity index (χ3n) is 4.70. The van der Waals surface area contributed by atoms with Crippen molar-refractivity contribution in [1.29, 1.82) is 0 Å². The van der Waals surface area contributed by atoms with Crippen molar-refractivity contribution in [3.05, 3.63) is 34.4 Å². The number of anilines is 2. The van der Waals surface area contributed by atoms with E-state index in [1.807, 2.05) is 40.7 Å². The van der Waals surface area contributed by atoms with Gasteiger partial charge in [0.25, 0.3) is 5.56 Å². The summed E-state index contributed by atoms with van der Waals surface area (Å²) in [5.41, 5.74) is 1.12. The molecule has 3 heterocycles. The summed E-state index contributed by atoms with van der Waals surface area (Å²) >= 11 is 0. The lowest BCUT2D eigenvalue weighted by atomic mass is 9.80. The first-order chi connectivity index (χ1) is 11.1. The molecule has 1 aliphatic heterocycles. The molecular weight excluding hydrogens is 307 g/mol. The lowest BCUT2D eigenvalue weighted by Gasteiger charge is -2.32. The second-order valence-electron chi connectivity index (χ2n) is 7.25. The van der Waals surface area contributed by atoms with Gasteiger partial charge >= 0.3 is 7.12 Å². The zero-order valence-electron chi connectivity index (χ0n) is 14.9. The van der Waals surface area contributed by atoms with Crippen molar-refractivity contribution in [3.8, 4) is 0 Å². The van der Waals surface area contributed by atoms with Gasteiger partial charge in [0.2, 0.25) is 0 Å². The molecule has 0 amide bonds. The average Bonchev–Trinajstić information content (AvgIpc) is 2.96. The minimum atomic E-state index is -0.525. The van der Waals surface area contributed by atoms with Crippen LogP contribution in [0.15, 0.2) is 23.1 Å². The highest BCUT2D eigenvalue weighted by Crippen LogP contribution is 2.36. The van der Waals surface area contributed by atoms with E-state index in [-0.39, 0.29) is 5.56 Å². The van der Waals surface area contributed by atoms with Crippen LogP contribution in [0.1, 0.15) is 33.4 Å². The molecule has 2 aromatic heterocycles. The quantitative estimate of drug-likeness (QED) is 0.833. The molecule has 1 fully saturated rings. The van der Waals surface area contributed by atoms with Crippen LogP contribution in [0.2, 0.25) is 0 Å². The van der Waals surface area contributed by atoms with E-state index in [0.717, 1.165) is 11.2 Å². The van der Waals surface area contributed by atoms with Gasteiger partial charge in [-0.1, -0.05) is 0 Å². The number of aryl methyl sites for hydroxylation is 2. The van der Waals surface area contributed by atoms with Crippen molar-refractivity contribution in [1.82, 2.24) is 14.8 Å². The monoisotopic (exact) mass is 330 g/mol. The zero-order chi connectivity index (χ0) is 17.7. The van der Waals surface area contributed by atoms with Gasteiger partial charge in [-0.2, -0.15) is 5.10 Å². The predicted octanol–water partition coefficient (Wildman–Crippen LogP) is 1.46. The number of hydrogen-bond donors (Lipinski definition) is 2. The molecule has 0 unspecified atom stereocenters. The molecule has 128 valence electrons. The Labute approximate surface area is 141 Å². The maximum Gasteiger partial charge on any atom is 0.496 e. The highest BCUT2D eigenvalue weighted by Gasteiger charge is 2.51. The van der Waals surface area contributed by atoms with E-state index in [1.54, 1.807) is 19.3 Å². The Morgan fingerprint density at radius 1 is 1.21 bits per heavy atom. The van der Waals surface area contributed by atoms with E-state index in [2.05, 4.69) is 15.5 Å². The molecule has 0 bridgehead atoms. The van der Waals surface area contributed by atoms with Crippen LogP contribution in [-0.2, 0) is 16.4 Å². The number of aromatic amines is 1. The van der Waals surface area contributed by atoms with Crippen LogP contribution in [0, 0.1) is 6.92 Å². The average molecular weight is 330 g/mol. The molecule has 0 aromatic carbocycles. The van der Waals surface area contributed by atoms with Crippen LogP contribution >= 0.6 is 0 Å². The fourth-order valence-electron chi connectivity index (χ4n) is 2.56. The molecule has 2 N–H and O–H groups in total. The second kappa shape index (κ2) is 5.49. The Morgan fingerprint density at radius 3 is 2.38 bits per heavy atom. The van der Waals surface area contributed by atoms with Crippen molar-refractivity contribution in [3.63, 3.8) is 0 Å². The Hall–Kier alpha value is -2.06. The van der Waals surface area contributed by atoms with E-state index < -0.39 is 18.3 Å². The summed E-state index contributed by atoms with van der Waals surface area (Å²) in [6.45, 7) is 9.90. The van der Waals surface area contributed by atoms with Gasteiger partial charge in [-0.05, 0) is 40.7 Å². The Bertz CT molecular complexity index is 809. The standard InChI is InChI=1S/C16H23BN4O3/c1-10-7-13(20-19-10)18-12-8-11(9-21(6)14(12)22)17-23-15(2,3)16(4,5)24-17/h7-9H,1-6H3,(H2,18,19,20). The molecule has 0 spiro atoms. The van der Waals surface area contributed by atoms with Gasteiger partial charge < -0.3 is 19.2 Å². The van der Waals surface area contributed by atoms with Crippen LogP contribution in [0.25, 0.3) is 0 Å². The first-order valence-electron chi connectivity index (χ1n) is 7.94. The molecule has 2 aromatic rings. The van der Waals surface area contributed by atoms with Crippen LogP contribution in [0.4, 0.5) is 11.5 Å². The largest absolute Gasteiger partial charge is 0.496 e. The number of H-pyrrole nitrogens is 1. The number of pyridine rings is 1. The number of aromatic nitrogens is 3. The van der Waals surface area contributed by atoms with Crippen molar-refractivity contribution < 1.29 is 9.31 Å². The van der Waals surface area contributed by atoms with E-state index in [4.69, 9.17) is 9.31 Å². The minimum Gasteiger partial charge on any atom is -0.399 e. The minimum absolute atomic E-state index is 0.143. The molecule has 1 aliphatic rings. The number of hydrogen-bond acceptors (Lipinski definition) is 5. The Morgan fingerprint density at radius 2 is 1.83 bits per heavy atom. The van der Waals surface area contributed by atoms with Crippen LogP contribution in [-0.4, -0.2) is 33.1 Å². The van der Waals surface area contributed by atoms with Crippen molar-refractivity contribution in [2.45, 2.75) is 45.8 Å². The van der Waals surface area contributed by atoms with E-state index in [9.17, 15) is 4.79 Å². The van der Waals surface area contributed by atoms with Gasteiger partial charge in [0.05, 0.1) is 11.2 Å². The molecule has 1 saturated heterocycles. The first-order valence-corrected chi connectivity index (χ1v) is 7.94. The van der Waals surface area contributed by atoms with Gasteiger partial charge in [0.1, 0.15) is 5.69 Å². The number of nitrogens with zero attached hydrogens (tertiary/aromatic N) is 2. The van der Waals surface area contributed by atoms with E-state index >= 15 is 0 Å². The van der Waals surface area contributed by atoms with Crippen molar-refractivity contribution in [2.24, 2.45) is 7.05 Å². The maximum atomic E-state index is 12.4. The van der Waals surface area contributed by atoms with Crippen LogP contribution in [0.5, 0.6) is 0 Å². The summed E-state index contributed by atoms with van der Waals surface area (Å²) in [4.78, 5) is 12.4. The fourth-order valence-corrected chi connectivity index (χ4v) is 2.56. The summed E-state index contributed by atoms with van der Waals surface area (Å²) in [5.74, 6) is 0.593. The van der Waals surface area contributed by atoms with E-state index in [0.29, 0.717) is 11.5 Å². The van der Waals surface area contributed by atoms with Crippen LogP contribution < -0.4 is 16.3 Å². The summed E-state index contributed by atoms with van der Waals surface area (Å²) in [7, 11) is 1.18. The molecule has 0 saturated carbocycles. The van der Waals surface area contributed by atoms with Gasteiger partial charge in [0, 0.05) is 30.5 Å². The molecule has 7 nitrogen and oxygen atoms in total. The predicted molar refractivity (Wildman–Crippen MR) is 94.0 cm³/mol. The zero-order valence-corrected chi connectivity index (χ0v) is 14.9. The highest BCUT2D eigenvalue weighted by atomic mass is 16.7. The topological polar surface area (TPSA) is 81.2 Å².